The van der Waals surface area contributed by atoms with Gasteiger partial charge < -0.3 is 10.6 Å². The summed E-state index contributed by atoms with van der Waals surface area (Å²) >= 11 is 0. The van der Waals surface area contributed by atoms with Crippen LogP contribution < -0.4 is 10.6 Å². The molecule has 4 heteroatoms. The molecular weight excluding hydrogens is 231 g/mol. The molecule has 0 saturated heterocycles. The molecule has 2 N–H and O–H groups in total. The first-order chi connectivity index (χ1) is 8.75. The Hall–Kier alpha value is -1.68. The smallest absolute Gasteiger partial charge is 0.251 e. The molecule has 0 unspecified atom stereocenters. The van der Waals surface area contributed by atoms with Crippen molar-refractivity contribution in [1.82, 2.24) is 10.6 Å². The lowest BCUT2D eigenvalue weighted by atomic mass is 10.1. The second-order valence-corrected chi connectivity index (χ2v) is 4.33. The molecule has 0 spiro atoms. The second kappa shape index (κ2) is 6.31. The van der Waals surface area contributed by atoms with E-state index < -0.39 is 0 Å². The van der Waals surface area contributed by atoms with Crippen LogP contribution >= 0.6 is 0 Å². The summed E-state index contributed by atoms with van der Waals surface area (Å²) in [5.41, 5.74) is 1.74. The van der Waals surface area contributed by atoms with Crippen LogP contribution in [0.4, 0.5) is 4.39 Å². The highest BCUT2D eigenvalue weighted by Crippen LogP contribution is 2.08. The van der Waals surface area contributed by atoms with Crippen LogP contribution in [0.2, 0.25) is 0 Å². The Kier molecular flexibility index (Phi) is 4.47. The first kappa shape index (κ1) is 12.8. The maximum absolute atomic E-state index is 12.9. The van der Waals surface area contributed by atoms with Crippen molar-refractivity contribution in [1.29, 1.82) is 0 Å². The van der Waals surface area contributed by atoms with E-state index >= 15 is 0 Å². The van der Waals surface area contributed by atoms with E-state index in [-0.39, 0.29) is 11.7 Å². The average molecular weight is 248 g/mol. The predicted molar refractivity (Wildman–Crippen MR) is 68.9 cm³/mol. The number of hydrogen-bond acceptors (Lipinski definition) is 2. The van der Waals surface area contributed by atoms with Gasteiger partial charge >= 0.3 is 0 Å². The normalized spacial score (nSPS) is 15.1. The minimum absolute atomic E-state index is 0.218. The van der Waals surface area contributed by atoms with E-state index in [2.05, 4.69) is 16.7 Å². The molecule has 0 aromatic heterocycles. The van der Waals surface area contributed by atoms with Gasteiger partial charge in [-0.05, 0) is 37.6 Å². The molecule has 0 bridgehead atoms. The number of nitrogens with one attached hydrogen (secondary N) is 2. The lowest BCUT2D eigenvalue weighted by Crippen LogP contribution is -2.26. The Morgan fingerprint density at radius 3 is 3.06 bits per heavy atom. The van der Waals surface area contributed by atoms with E-state index in [0.29, 0.717) is 12.1 Å². The molecule has 1 aliphatic heterocycles. The Morgan fingerprint density at radius 2 is 2.33 bits per heavy atom. The molecule has 0 atom stereocenters. The summed E-state index contributed by atoms with van der Waals surface area (Å²) in [7, 11) is 0. The van der Waals surface area contributed by atoms with E-state index in [4.69, 9.17) is 0 Å². The van der Waals surface area contributed by atoms with E-state index in [9.17, 15) is 9.18 Å². The molecule has 1 aliphatic rings. The lowest BCUT2D eigenvalue weighted by Gasteiger charge is -2.14. The summed E-state index contributed by atoms with van der Waals surface area (Å²) in [5, 5.41) is 6.05. The highest BCUT2D eigenvalue weighted by molar-refractivity contribution is 5.94. The number of hydrogen-bond donors (Lipinski definition) is 2. The molecular formula is C14H17FN2O. The molecule has 0 radical (unpaired) electrons. The Balaban J connectivity index is 1.79. The number of amides is 1. The quantitative estimate of drug-likeness (QED) is 0.799. The molecule has 1 aromatic rings. The van der Waals surface area contributed by atoms with Gasteiger partial charge in [-0.2, -0.15) is 0 Å². The van der Waals surface area contributed by atoms with Crippen LogP contribution in [0.25, 0.3) is 0 Å². The third kappa shape index (κ3) is 3.67. The zero-order valence-electron chi connectivity index (χ0n) is 10.2. The Bertz CT molecular complexity index is 457. The van der Waals surface area contributed by atoms with Gasteiger partial charge in [-0.1, -0.05) is 17.7 Å². The maximum Gasteiger partial charge on any atom is 0.251 e. The van der Waals surface area contributed by atoms with Crippen LogP contribution in [-0.2, 0) is 0 Å². The van der Waals surface area contributed by atoms with Gasteiger partial charge in [-0.15, -0.1) is 0 Å². The zero-order valence-corrected chi connectivity index (χ0v) is 10.2. The largest absolute Gasteiger partial charge is 0.352 e. The molecule has 18 heavy (non-hydrogen) atoms. The summed E-state index contributed by atoms with van der Waals surface area (Å²) < 4.78 is 12.9. The summed E-state index contributed by atoms with van der Waals surface area (Å²) in [6, 6.07) is 5.73. The van der Waals surface area contributed by atoms with Gasteiger partial charge in [0.25, 0.3) is 5.91 Å². The molecule has 96 valence electrons. The van der Waals surface area contributed by atoms with Crippen molar-refractivity contribution in [3.63, 3.8) is 0 Å². The molecule has 1 heterocycles. The van der Waals surface area contributed by atoms with Gasteiger partial charge in [0.05, 0.1) is 0 Å². The van der Waals surface area contributed by atoms with Crippen molar-refractivity contribution in [2.45, 2.75) is 12.8 Å². The number of benzene rings is 1. The van der Waals surface area contributed by atoms with Crippen molar-refractivity contribution >= 4 is 5.91 Å². The number of carbonyl (C=O) groups excluding carboxylic acids is 1. The number of carbonyl (C=O) groups is 1. The highest BCUT2D eigenvalue weighted by atomic mass is 19.1. The number of halogens is 1. The van der Waals surface area contributed by atoms with Crippen molar-refractivity contribution < 1.29 is 9.18 Å². The molecule has 1 aromatic carbocycles. The SMILES string of the molecule is O=C(NCCC1=CCNCC1)c1cccc(F)c1. The molecule has 0 fully saturated rings. The fourth-order valence-corrected chi connectivity index (χ4v) is 1.97. The van der Waals surface area contributed by atoms with Gasteiger partial charge in [0, 0.05) is 18.7 Å². The maximum atomic E-state index is 12.9. The summed E-state index contributed by atoms with van der Waals surface area (Å²) in [5.74, 6) is -0.604. The predicted octanol–water partition coefficient (Wildman–Crippen LogP) is 1.87. The third-order valence-corrected chi connectivity index (χ3v) is 2.98. The molecule has 0 aliphatic carbocycles. The van der Waals surface area contributed by atoms with Crippen molar-refractivity contribution in [2.24, 2.45) is 0 Å². The monoisotopic (exact) mass is 248 g/mol. The molecule has 0 saturated carbocycles. The van der Waals surface area contributed by atoms with Crippen LogP contribution in [-0.4, -0.2) is 25.5 Å². The highest BCUT2D eigenvalue weighted by Gasteiger charge is 2.07. The van der Waals surface area contributed by atoms with Crippen LogP contribution in [0, 0.1) is 5.82 Å². The van der Waals surface area contributed by atoms with Gasteiger partial charge in [-0.3, -0.25) is 4.79 Å². The fourth-order valence-electron chi connectivity index (χ4n) is 1.97. The lowest BCUT2D eigenvalue weighted by molar-refractivity contribution is 0.0953. The van der Waals surface area contributed by atoms with Crippen molar-refractivity contribution in [3.05, 3.63) is 47.3 Å². The van der Waals surface area contributed by atoms with E-state index in [1.807, 2.05) is 0 Å². The Labute approximate surface area is 106 Å². The van der Waals surface area contributed by atoms with Crippen molar-refractivity contribution in [2.75, 3.05) is 19.6 Å². The second-order valence-electron chi connectivity index (χ2n) is 4.33. The average Bonchev–Trinajstić information content (AvgIpc) is 2.40. The first-order valence-corrected chi connectivity index (χ1v) is 6.18. The van der Waals surface area contributed by atoms with E-state index in [1.165, 1.54) is 17.7 Å². The van der Waals surface area contributed by atoms with Gasteiger partial charge in [0.1, 0.15) is 5.82 Å². The Morgan fingerprint density at radius 1 is 1.44 bits per heavy atom. The van der Waals surface area contributed by atoms with Crippen molar-refractivity contribution in [3.8, 4) is 0 Å². The van der Waals surface area contributed by atoms with Gasteiger partial charge in [0.2, 0.25) is 0 Å². The third-order valence-electron chi connectivity index (χ3n) is 2.98. The first-order valence-electron chi connectivity index (χ1n) is 6.18. The van der Waals surface area contributed by atoms with Crippen LogP contribution in [0.15, 0.2) is 35.9 Å². The standard InChI is InChI=1S/C14H17FN2O/c15-13-3-1-2-12(10-13)14(18)17-9-6-11-4-7-16-8-5-11/h1-4,10,16H,5-9H2,(H,17,18). The molecule has 2 rings (SSSR count). The fraction of sp³-hybridized carbons (Fsp3) is 0.357. The minimum atomic E-state index is -0.385. The van der Waals surface area contributed by atoms with Crippen LogP contribution in [0.1, 0.15) is 23.2 Å². The van der Waals surface area contributed by atoms with E-state index in [0.717, 1.165) is 25.9 Å². The van der Waals surface area contributed by atoms with Crippen LogP contribution in [0.3, 0.4) is 0 Å². The zero-order chi connectivity index (χ0) is 12.8. The summed E-state index contributed by atoms with van der Waals surface area (Å²) in [6.07, 6.45) is 4.07. The minimum Gasteiger partial charge on any atom is -0.352 e. The van der Waals surface area contributed by atoms with Crippen LogP contribution in [0.5, 0.6) is 0 Å². The van der Waals surface area contributed by atoms with Gasteiger partial charge in [-0.25, -0.2) is 4.39 Å². The molecule has 1 amide bonds. The topological polar surface area (TPSA) is 41.1 Å². The number of rotatable bonds is 4. The summed E-state index contributed by atoms with van der Waals surface area (Å²) in [6.45, 7) is 2.51. The molecule has 3 nitrogen and oxygen atoms in total. The van der Waals surface area contributed by atoms with E-state index in [1.54, 1.807) is 12.1 Å². The summed E-state index contributed by atoms with van der Waals surface area (Å²) in [4.78, 5) is 11.7. The van der Waals surface area contributed by atoms with Gasteiger partial charge in [0.15, 0.2) is 0 Å².